The predicted molar refractivity (Wildman–Crippen MR) is 65.0 cm³/mol. The molecule has 16 heavy (non-hydrogen) atoms. The molecular formula is C13H16N2O. The minimum Gasteiger partial charge on any atom is -0.388 e. The fourth-order valence-corrected chi connectivity index (χ4v) is 2.80. The van der Waals surface area contributed by atoms with Gasteiger partial charge in [0.05, 0.1) is 5.69 Å². The molecule has 3 heteroatoms. The topological polar surface area (TPSA) is 32.3 Å². The molecule has 84 valence electrons. The second-order valence-corrected chi connectivity index (χ2v) is 4.54. The highest BCUT2D eigenvalue weighted by Crippen LogP contribution is 2.37. The van der Waals surface area contributed by atoms with Crippen LogP contribution in [0.2, 0.25) is 0 Å². The van der Waals surface area contributed by atoms with E-state index in [1.807, 2.05) is 11.9 Å². The molecule has 3 nitrogen and oxygen atoms in total. The Labute approximate surface area is 95.4 Å². The van der Waals surface area contributed by atoms with E-state index in [2.05, 4.69) is 17.4 Å². The summed E-state index contributed by atoms with van der Waals surface area (Å²) in [5.74, 6) is 0.297. The van der Waals surface area contributed by atoms with E-state index in [9.17, 15) is 4.79 Å². The Bertz CT molecular complexity index is 436. The molecule has 2 aliphatic heterocycles. The molecule has 1 aromatic rings. The van der Waals surface area contributed by atoms with Crippen molar-refractivity contribution < 1.29 is 4.79 Å². The number of benzene rings is 1. The average molecular weight is 216 g/mol. The Hall–Kier alpha value is -1.51. The minimum absolute atomic E-state index is 0.297. The summed E-state index contributed by atoms with van der Waals surface area (Å²) in [6.07, 6.45) is 3.75. The van der Waals surface area contributed by atoms with Crippen LogP contribution in [0.15, 0.2) is 12.1 Å². The number of hydrogen-bond donors (Lipinski definition) is 1. The van der Waals surface area contributed by atoms with E-state index in [-0.39, 0.29) is 0 Å². The molecule has 0 fully saturated rings. The zero-order valence-corrected chi connectivity index (χ0v) is 9.55. The number of hydrogen-bond acceptors (Lipinski definition) is 2. The Kier molecular flexibility index (Phi) is 2.13. The van der Waals surface area contributed by atoms with Crippen molar-refractivity contribution >= 4 is 17.3 Å². The maximum atomic E-state index is 11.8. The zero-order chi connectivity index (χ0) is 11.1. The number of rotatable bonds is 1. The number of carbonyl (C=O) groups excluding carboxylic acids is 1. The van der Waals surface area contributed by atoms with Gasteiger partial charge in [-0.2, -0.15) is 0 Å². The van der Waals surface area contributed by atoms with Crippen molar-refractivity contribution in [1.82, 2.24) is 0 Å². The third-order valence-corrected chi connectivity index (χ3v) is 3.56. The lowest BCUT2D eigenvalue weighted by Gasteiger charge is -2.35. The Morgan fingerprint density at radius 1 is 1.19 bits per heavy atom. The summed E-state index contributed by atoms with van der Waals surface area (Å²) in [4.78, 5) is 13.8. The van der Waals surface area contributed by atoms with Crippen LogP contribution in [-0.2, 0) is 17.6 Å². The molecule has 0 spiro atoms. The Morgan fingerprint density at radius 3 is 2.69 bits per heavy atom. The van der Waals surface area contributed by atoms with Crippen LogP contribution < -0.4 is 10.2 Å². The van der Waals surface area contributed by atoms with Crippen molar-refractivity contribution in [2.45, 2.75) is 25.7 Å². The van der Waals surface area contributed by atoms with Gasteiger partial charge in [-0.05, 0) is 42.5 Å². The van der Waals surface area contributed by atoms with Crippen molar-refractivity contribution in [3.8, 4) is 0 Å². The van der Waals surface area contributed by atoms with Gasteiger partial charge in [0, 0.05) is 25.7 Å². The van der Waals surface area contributed by atoms with Gasteiger partial charge >= 0.3 is 0 Å². The fraction of sp³-hybridized carbons (Fsp3) is 0.462. The highest BCUT2D eigenvalue weighted by molar-refractivity contribution is 5.98. The minimum atomic E-state index is 0.297. The third-order valence-electron chi connectivity index (χ3n) is 3.56. The van der Waals surface area contributed by atoms with Crippen LogP contribution in [0.4, 0.5) is 11.4 Å². The normalized spacial score (nSPS) is 18.3. The van der Waals surface area contributed by atoms with Crippen molar-refractivity contribution in [2.24, 2.45) is 0 Å². The van der Waals surface area contributed by atoms with Crippen molar-refractivity contribution in [3.05, 3.63) is 23.3 Å². The first kappa shape index (κ1) is 9.70. The number of carbonyl (C=O) groups is 1. The van der Waals surface area contributed by atoms with Gasteiger partial charge in [-0.3, -0.25) is 4.79 Å². The van der Waals surface area contributed by atoms with Crippen LogP contribution in [0.3, 0.4) is 0 Å². The molecule has 2 heterocycles. The lowest BCUT2D eigenvalue weighted by molar-refractivity contribution is -0.119. The largest absolute Gasteiger partial charge is 0.388 e. The summed E-state index contributed by atoms with van der Waals surface area (Å²) in [6.45, 7) is 0.901. The first-order valence-corrected chi connectivity index (χ1v) is 5.93. The molecule has 0 unspecified atom stereocenters. The van der Waals surface area contributed by atoms with Crippen LogP contribution in [0, 0.1) is 0 Å². The maximum absolute atomic E-state index is 11.8. The molecule has 0 atom stereocenters. The second kappa shape index (κ2) is 3.51. The molecule has 0 aliphatic carbocycles. The molecule has 3 rings (SSSR count). The molecule has 1 N–H and O–H groups in total. The van der Waals surface area contributed by atoms with Gasteiger partial charge in [0.25, 0.3) is 0 Å². The SMILES string of the molecule is CNc1cc2c3c(c1)CCC(=O)N3CCC2. The van der Waals surface area contributed by atoms with Crippen LogP contribution in [0.1, 0.15) is 24.0 Å². The molecular weight excluding hydrogens is 200 g/mol. The monoisotopic (exact) mass is 216 g/mol. The fourth-order valence-electron chi connectivity index (χ4n) is 2.80. The zero-order valence-electron chi connectivity index (χ0n) is 9.55. The summed E-state index contributed by atoms with van der Waals surface area (Å²) >= 11 is 0. The molecule has 0 bridgehead atoms. The number of nitrogens with one attached hydrogen (secondary N) is 1. The summed E-state index contributed by atoms with van der Waals surface area (Å²) in [7, 11) is 1.95. The molecule has 0 radical (unpaired) electrons. The average Bonchev–Trinajstić information content (AvgIpc) is 2.33. The molecule has 0 saturated heterocycles. The van der Waals surface area contributed by atoms with Crippen LogP contribution in [-0.4, -0.2) is 19.5 Å². The van der Waals surface area contributed by atoms with Crippen molar-refractivity contribution in [1.29, 1.82) is 0 Å². The standard InChI is InChI=1S/C13H16N2O/c1-14-11-7-9-3-2-6-15-12(16)5-4-10(8-11)13(9)15/h7-8,14H,2-6H2,1H3. The smallest absolute Gasteiger partial charge is 0.227 e. The van der Waals surface area contributed by atoms with E-state index in [0.717, 1.165) is 25.8 Å². The predicted octanol–water partition coefficient (Wildman–Crippen LogP) is 1.95. The highest BCUT2D eigenvalue weighted by Gasteiger charge is 2.29. The summed E-state index contributed by atoms with van der Waals surface area (Å²) in [6, 6.07) is 4.37. The van der Waals surface area contributed by atoms with Gasteiger partial charge in [-0.15, -0.1) is 0 Å². The maximum Gasteiger partial charge on any atom is 0.227 e. The van der Waals surface area contributed by atoms with Gasteiger partial charge in [-0.25, -0.2) is 0 Å². The van der Waals surface area contributed by atoms with E-state index in [1.54, 1.807) is 0 Å². The number of nitrogens with zero attached hydrogens (tertiary/aromatic N) is 1. The van der Waals surface area contributed by atoms with Crippen LogP contribution in [0.5, 0.6) is 0 Å². The van der Waals surface area contributed by atoms with E-state index >= 15 is 0 Å². The lowest BCUT2D eigenvalue weighted by atomic mass is 9.91. The van der Waals surface area contributed by atoms with Gasteiger partial charge in [0.2, 0.25) is 5.91 Å². The summed E-state index contributed by atoms with van der Waals surface area (Å²) in [5.41, 5.74) is 5.05. The number of aryl methyl sites for hydroxylation is 2. The van der Waals surface area contributed by atoms with Crippen molar-refractivity contribution in [3.63, 3.8) is 0 Å². The lowest BCUT2D eigenvalue weighted by Crippen LogP contribution is -2.39. The molecule has 2 aliphatic rings. The van der Waals surface area contributed by atoms with E-state index in [4.69, 9.17) is 0 Å². The molecule has 1 aromatic carbocycles. The van der Waals surface area contributed by atoms with Crippen LogP contribution >= 0.6 is 0 Å². The molecule has 0 saturated carbocycles. The van der Waals surface area contributed by atoms with Crippen molar-refractivity contribution in [2.75, 3.05) is 23.8 Å². The van der Waals surface area contributed by atoms with Gasteiger partial charge in [-0.1, -0.05) is 0 Å². The Morgan fingerprint density at radius 2 is 1.94 bits per heavy atom. The Balaban J connectivity index is 2.18. The van der Waals surface area contributed by atoms with Gasteiger partial charge < -0.3 is 10.2 Å². The first-order valence-electron chi connectivity index (χ1n) is 5.93. The first-order chi connectivity index (χ1) is 7.79. The number of anilines is 2. The van der Waals surface area contributed by atoms with E-state index in [1.165, 1.54) is 22.5 Å². The molecule has 1 amide bonds. The summed E-state index contributed by atoms with van der Waals surface area (Å²) in [5, 5.41) is 3.20. The van der Waals surface area contributed by atoms with Gasteiger partial charge in [0.15, 0.2) is 0 Å². The number of amides is 1. The second-order valence-electron chi connectivity index (χ2n) is 4.54. The highest BCUT2D eigenvalue weighted by atomic mass is 16.2. The molecule has 0 aromatic heterocycles. The van der Waals surface area contributed by atoms with E-state index < -0.39 is 0 Å². The third kappa shape index (κ3) is 1.31. The van der Waals surface area contributed by atoms with Crippen LogP contribution in [0.25, 0.3) is 0 Å². The van der Waals surface area contributed by atoms with Gasteiger partial charge in [0.1, 0.15) is 0 Å². The quantitative estimate of drug-likeness (QED) is 0.778. The van der Waals surface area contributed by atoms with E-state index in [0.29, 0.717) is 12.3 Å². The summed E-state index contributed by atoms with van der Waals surface area (Å²) < 4.78 is 0.